The monoisotopic (exact) mass is 378 g/mol. The summed E-state index contributed by atoms with van der Waals surface area (Å²) in [5.41, 5.74) is 0.846. The van der Waals surface area contributed by atoms with Crippen molar-refractivity contribution in [1.82, 2.24) is 4.90 Å². The van der Waals surface area contributed by atoms with Crippen LogP contribution in [0.5, 0.6) is 0 Å². The molecule has 0 aromatic heterocycles. The molecule has 6 heteroatoms. The largest absolute Gasteiger partial charge is 0.465 e. The van der Waals surface area contributed by atoms with Crippen LogP contribution in [0.3, 0.4) is 0 Å². The highest BCUT2D eigenvalue weighted by atomic mass is 127. The number of hydrogen-bond donors (Lipinski definition) is 1. The van der Waals surface area contributed by atoms with Crippen molar-refractivity contribution >= 4 is 34.4 Å². The molecule has 0 bridgehead atoms. The summed E-state index contributed by atoms with van der Waals surface area (Å²) in [4.78, 5) is 14.3. The fraction of sp³-hybridized carbons (Fsp3) is 0.462. The van der Waals surface area contributed by atoms with Crippen LogP contribution in [0.15, 0.2) is 18.2 Å². The Labute approximate surface area is 125 Å². The number of amides is 1. The minimum absolute atomic E-state index is 0.239. The first-order valence-electron chi connectivity index (χ1n) is 6.14. The second kappa shape index (κ2) is 5.94. The first-order chi connectivity index (χ1) is 8.97. The van der Waals surface area contributed by atoms with Gasteiger partial charge in [0.05, 0.1) is 0 Å². The van der Waals surface area contributed by atoms with E-state index in [9.17, 15) is 9.18 Å². The van der Waals surface area contributed by atoms with Crippen molar-refractivity contribution in [3.8, 4) is 0 Å². The number of carboxylic acid groups (broad SMARTS) is 1. The Morgan fingerprint density at radius 1 is 1.42 bits per heavy atom. The minimum Gasteiger partial charge on any atom is -0.465 e. The smallest absolute Gasteiger partial charge is 0.407 e. The summed E-state index contributed by atoms with van der Waals surface area (Å²) in [6.45, 7) is 1.08. The zero-order chi connectivity index (χ0) is 14.0. The standard InChI is InChI=1S/C13H16FIN2O2/c1-16(12-7-9(14)6-10(15)8-12)11-2-4-17(5-3-11)13(18)19/h6-8,11H,2-5H2,1H3,(H,18,19). The van der Waals surface area contributed by atoms with E-state index in [1.807, 2.05) is 18.0 Å². The summed E-state index contributed by atoms with van der Waals surface area (Å²) < 4.78 is 14.3. The molecular formula is C13H16FIN2O2. The number of nitrogens with zero attached hydrogens (tertiary/aromatic N) is 2. The van der Waals surface area contributed by atoms with Crippen molar-refractivity contribution < 1.29 is 14.3 Å². The molecule has 0 radical (unpaired) electrons. The Balaban J connectivity index is 2.04. The van der Waals surface area contributed by atoms with E-state index in [2.05, 4.69) is 22.6 Å². The quantitative estimate of drug-likeness (QED) is 0.805. The molecule has 4 nitrogen and oxygen atoms in total. The molecule has 0 unspecified atom stereocenters. The highest BCUT2D eigenvalue weighted by Gasteiger charge is 2.25. The number of benzene rings is 1. The normalized spacial score (nSPS) is 16.5. The van der Waals surface area contributed by atoms with Gasteiger partial charge in [0.25, 0.3) is 0 Å². The molecule has 1 saturated heterocycles. The third-order valence-electron chi connectivity index (χ3n) is 3.54. The van der Waals surface area contributed by atoms with Crippen LogP contribution in [0, 0.1) is 9.39 Å². The summed E-state index contributed by atoms with van der Waals surface area (Å²) in [6, 6.07) is 5.21. The molecule has 1 aromatic carbocycles. The summed E-state index contributed by atoms with van der Waals surface area (Å²) in [7, 11) is 1.94. The molecule has 104 valence electrons. The van der Waals surface area contributed by atoms with Crippen LogP contribution in [-0.4, -0.2) is 42.3 Å². The van der Waals surface area contributed by atoms with Crippen molar-refractivity contribution in [2.75, 3.05) is 25.0 Å². The fourth-order valence-corrected chi connectivity index (χ4v) is 3.01. The zero-order valence-electron chi connectivity index (χ0n) is 10.6. The third kappa shape index (κ3) is 3.49. The van der Waals surface area contributed by atoms with Gasteiger partial charge >= 0.3 is 6.09 Å². The molecule has 1 heterocycles. The molecule has 1 amide bonds. The molecule has 1 fully saturated rings. The SMILES string of the molecule is CN(c1cc(F)cc(I)c1)C1CCN(C(=O)O)CC1. The molecule has 1 N–H and O–H groups in total. The first kappa shape index (κ1) is 14.4. The number of piperidine rings is 1. The average molecular weight is 378 g/mol. The molecule has 2 rings (SSSR count). The second-order valence-corrected chi connectivity index (χ2v) is 5.98. The van der Waals surface area contributed by atoms with Gasteiger partial charge in [0.1, 0.15) is 5.82 Å². The lowest BCUT2D eigenvalue weighted by molar-refractivity contribution is 0.132. The number of carbonyl (C=O) groups is 1. The van der Waals surface area contributed by atoms with E-state index in [-0.39, 0.29) is 11.9 Å². The summed E-state index contributed by atoms with van der Waals surface area (Å²) in [5.74, 6) is -0.239. The van der Waals surface area contributed by atoms with Crippen molar-refractivity contribution in [2.24, 2.45) is 0 Å². The van der Waals surface area contributed by atoms with Crippen LogP contribution >= 0.6 is 22.6 Å². The van der Waals surface area contributed by atoms with Gasteiger partial charge in [0.2, 0.25) is 0 Å². The van der Waals surface area contributed by atoms with Gasteiger partial charge in [0, 0.05) is 35.4 Å². The Hall–Kier alpha value is -1.05. The van der Waals surface area contributed by atoms with E-state index >= 15 is 0 Å². The van der Waals surface area contributed by atoms with Crippen molar-refractivity contribution in [3.05, 3.63) is 27.6 Å². The van der Waals surface area contributed by atoms with Crippen LogP contribution in [0.1, 0.15) is 12.8 Å². The van der Waals surface area contributed by atoms with Crippen LogP contribution in [0.2, 0.25) is 0 Å². The predicted octanol–water partition coefficient (Wildman–Crippen LogP) is 3.01. The number of rotatable bonds is 2. The zero-order valence-corrected chi connectivity index (χ0v) is 12.8. The lowest BCUT2D eigenvalue weighted by Crippen LogP contribution is -2.45. The number of likely N-dealkylation sites (tertiary alicyclic amines) is 1. The maximum Gasteiger partial charge on any atom is 0.407 e. The van der Waals surface area contributed by atoms with Crippen molar-refractivity contribution in [1.29, 1.82) is 0 Å². The highest BCUT2D eigenvalue weighted by molar-refractivity contribution is 14.1. The van der Waals surface area contributed by atoms with E-state index in [0.29, 0.717) is 13.1 Å². The fourth-order valence-electron chi connectivity index (χ4n) is 2.40. The lowest BCUT2D eigenvalue weighted by Gasteiger charge is -2.36. The van der Waals surface area contributed by atoms with Gasteiger partial charge in [0.15, 0.2) is 0 Å². The van der Waals surface area contributed by atoms with Crippen LogP contribution in [0.25, 0.3) is 0 Å². The van der Waals surface area contributed by atoms with E-state index < -0.39 is 6.09 Å². The van der Waals surface area contributed by atoms with Crippen molar-refractivity contribution in [2.45, 2.75) is 18.9 Å². The summed E-state index contributed by atoms with van der Waals surface area (Å²) >= 11 is 2.09. The second-order valence-electron chi connectivity index (χ2n) is 4.74. The molecule has 1 aliphatic heterocycles. The van der Waals surface area contributed by atoms with Crippen LogP contribution in [-0.2, 0) is 0 Å². The van der Waals surface area contributed by atoms with Gasteiger partial charge in [-0.25, -0.2) is 9.18 Å². The topological polar surface area (TPSA) is 43.8 Å². The Morgan fingerprint density at radius 2 is 2.05 bits per heavy atom. The van der Waals surface area contributed by atoms with Crippen molar-refractivity contribution in [3.63, 3.8) is 0 Å². The highest BCUT2D eigenvalue weighted by Crippen LogP contribution is 2.24. The maximum absolute atomic E-state index is 13.4. The maximum atomic E-state index is 13.4. The van der Waals surface area contributed by atoms with Gasteiger partial charge in [-0.05, 0) is 53.6 Å². The van der Waals surface area contributed by atoms with Gasteiger partial charge in [-0.2, -0.15) is 0 Å². The van der Waals surface area contributed by atoms with Gasteiger partial charge < -0.3 is 14.9 Å². The van der Waals surface area contributed by atoms with Crippen LogP contribution in [0.4, 0.5) is 14.9 Å². The molecule has 19 heavy (non-hydrogen) atoms. The third-order valence-corrected chi connectivity index (χ3v) is 4.16. The van der Waals surface area contributed by atoms with Gasteiger partial charge in [-0.3, -0.25) is 0 Å². The number of anilines is 1. The number of halogens is 2. The molecule has 0 saturated carbocycles. The molecular weight excluding hydrogens is 362 g/mol. The molecule has 0 spiro atoms. The van der Waals surface area contributed by atoms with Gasteiger partial charge in [-0.15, -0.1) is 0 Å². The predicted molar refractivity (Wildman–Crippen MR) is 80.1 cm³/mol. The Bertz CT molecular complexity index is 455. The van der Waals surface area contributed by atoms with Gasteiger partial charge in [-0.1, -0.05) is 0 Å². The summed E-state index contributed by atoms with van der Waals surface area (Å²) in [5, 5.41) is 8.91. The van der Waals surface area contributed by atoms with E-state index in [1.54, 1.807) is 0 Å². The molecule has 0 atom stereocenters. The average Bonchev–Trinajstić information content (AvgIpc) is 2.37. The van der Waals surface area contributed by atoms with E-state index in [0.717, 1.165) is 22.1 Å². The van der Waals surface area contributed by atoms with Crippen LogP contribution < -0.4 is 4.90 Å². The Kier molecular flexibility index (Phi) is 4.49. The Morgan fingerprint density at radius 3 is 2.58 bits per heavy atom. The first-order valence-corrected chi connectivity index (χ1v) is 7.22. The lowest BCUT2D eigenvalue weighted by atomic mass is 10.0. The number of hydrogen-bond acceptors (Lipinski definition) is 2. The molecule has 1 aromatic rings. The molecule has 0 aliphatic carbocycles. The summed E-state index contributed by atoms with van der Waals surface area (Å²) in [6.07, 6.45) is 0.688. The van der Waals surface area contributed by atoms with E-state index in [1.165, 1.54) is 17.0 Å². The minimum atomic E-state index is -0.860. The molecule has 1 aliphatic rings. The van der Waals surface area contributed by atoms with E-state index in [4.69, 9.17) is 5.11 Å².